The number of likely N-dealkylation sites (tertiary alicyclic amines) is 1. The molecule has 2 fully saturated rings. The van der Waals surface area contributed by atoms with Crippen molar-refractivity contribution >= 4 is 17.6 Å². The van der Waals surface area contributed by atoms with Crippen LogP contribution < -0.4 is 0 Å². The van der Waals surface area contributed by atoms with E-state index in [-0.39, 0.29) is 0 Å². The van der Waals surface area contributed by atoms with E-state index in [1.165, 1.54) is 30.9 Å². The molecule has 0 unspecified atom stereocenters. The average Bonchev–Trinajstić information content (AvgIpc) is 2.62. The van der Waals surface area contributed by atoms with Gasteiger partial charge in [-0.15, -0.1) is 0 Å². The van der Waals surface area contributed by atoms with Crippen LogP contribution in [0, 0.1) is 16.0 Å². The van der Waals surface area contributed by atoms with Gasteiger partial charge in [-0.05, 0) is 68.8 Å². The van der Waals surface area contributed by atoms with Gasteiger partial charge in [0.05, 0.1) is 4.92 Å². The second kappa shape index (κ2) is 8.36. The maximum atomic E-state index is 13.1. The first-order valence-electron chi connectivity index (χ1n) is 9.26. The number of nitro groups is 1. The molecule has 2 saturated heterocycles. The number of hydrogen-bond acceptors (Lipinski definition) is 5. The van der Waals surface area contributed by atoms with Gasteiger partial charge in [-0.3, -0.25) is 10.1 Å². The molecule has 1 aromatic rings. The normalized spacial score (nSPS) is 21.5. The molecule has 0 N–H and O–H groups in total. The Balaban J connectivity index is 1.59. The molecule has 0 aromatic heterocycles. The number of alkyl halides is 3. The molecule has 2 aliphatic rings. The van der Waals surface area contributed by atoms with E-state index in [4.69, 9.17) is 0 Å². The SMILES string of the molecule is CC1CCN(C2CCN(Sc3ccc([N+](=O)[O-])c(C(F)(F)F)c3)CC2)CC1. The van der Waals surface area contributed by atoms with Crippen LogP contribution in [0.25, 0.3) is 0 Å². The standard InChI is InChI=1S/C18H24F3N3O2S/c1-13-4-8-22(9-5-13)14-6-10-23(11-7-14)27-15-2-3-17(24(25)26)16(12-15)18(19,20)21/h2-3,12-14H,4-11H2,1H3. The first-order chi connectivity index (χ1) is 12.7. The van der Waals surface area contributed by atoms with Crippen molar-refractivity contribution in [2.24, 2.45) is 5.92 Å². The maximum absolute atomic E-state index is 13.1. The topological polar surface area (TPSA) is 49.6 Å². The van der Waals surface area contributed by atoms with E-state index in [0.717, 1.165) is 57.1 Å². The van der Waals surface area contributed by atoms with Crippen molar-refractivity contribution in [1.82, 2.24) is 9.21 Å². The Bertz CT molecular complexity index is 670. The van der Waals surface area contributed by atoms with Crippen LogP contribution in [0.3, 0.4) is 0 Å². The summed E-state index contributed by atoms with van der Waals surface area (Å²) in [7, 11) is 0. The molecule has 0 saturated carbocycles. The van der Waals surface area contributed by atoms with Gasteiger partial charge in [0.1, 0.15) is 5.56 Å². The van der Waals surface area contributed by atoms with Gasteiger partial charge in [0.25, 0.3) is 5.69 Å². The van der Waals surface area contributed by atoms with E-state index in [1.807, 2.05) is 0 Å². The predicted molar refractivity (Wildman–Crippen MR) is 98.5 cm³/mol. The average molecular weight is 403 g/mol. The first-order valence-corrected chi connectivity index (χ1v) is 10.0. The smallest absolute Gasteiger partial charge is 0.300 e. The fraction of sp³-hybridized carbons (Fsp3) is 0.667. The summed E-state index contributed by atoms with van der Waals surface area (Å²) in [6.45, 7) is 6.17. The number of nitrogens with zero attached hydrogens (tertiary/aromatic N) is 3. The number of halogens is 3. The van der Waals surface area contributed by atoms with E-state index in [0.29, 0.717) is 10.9 Å². The van der Waals surface area contributed by atoms with Crippen molar-refractivity contribution in [2.75, 3.05) is 26.2 Å². The molecule has 0 amide bonds. The third-order valence-electron chi connectivity index (χ3n) is 5.46. The van der Waals surface area contributed by atoms with E-state index >= 15 is 0 Å². The van der Waals surface area contributed by atoms with Gasteiger partial charge >= 0.3 is 6.18 Å². The van der Waals surface area contributed by atoms with Crippen LogP contribution in [-0.4, -0.2) is 46.3 Å². The number of hydrogen-bond donors (Lipinski definition) is 0. The monoisotopic (exact) mass is 403 g/mol. The third-order valence-corrected chi connectivity index (χ3v) is 6.55. The van der Waals surface area contributed by atoms with E-state index < -0.39 is 22.4 Å². The lowest BCUT2D eigenvalue weighted by atomic mass is 9.95. The molecular formula is C18H24F3N3O2S. The molecule has 2 heterocycles. The lowest BCUT2D eigenvalue weighted by Crippen LogP contribution is -2.46. The molecule has 0 atom stereocenters. The summed E-state index contributed by atoms with van der Waals surface area (Å²) in [6, 6.07) is 3.79. The van der Waals surface area contributed by atoms with Crippen LogP contribution in [0.5, 0.6) is 0 Å². The summed E-state index contributed by atoms with van der Waals surface area (Å²) in [6.07, 6.45) is -0.270. The van der Waals surface area contributed by atoms with Crippen LogP contribution >= 0.6 is 11.9 Å². The second-order valence-electron chi connectivity index (χ2n) is 7.40. The van der Waals surface area contributed by atoms with Gasteiger partial charge in [0.2, 0.25) is 0 Å². The number of piperidine rings is 2. The second-order valence-corrected chi connectivity index (χ2v) is 8.57. The van der Waals surface area contributed by atoms with Crippen LogP contribution in [0.1, 0.15) is 38.2 Å². The van der Waals surface area contributed by atoms with Crippen molar-refractivity contribution in [2.45, 2.75) is 49.7 Å². The lowest BCUT2D eigenvalue weighted by molar-refractivity contribution is -0.388. The van der Waals surface area contributed by atoms with Crippen molar-refractivity contribution in [3.05, 3.63) is 33.9 Å². The maximum Gasteiger partial charge on any atom is 0.423 e. The van der Waals surface area contributed by atoms with Crippen molar-refractivity contribution in [3.8, 4) is 0 Å². The van der Waals surface area contributed by atoms with E-state index in [2.05, 4.69) is 16.1 Å². The zero-order valence-electron chi connectivity index (χ0n) is 15.2. The predicted octanol–water partition coefficient (Wildman–Crippen LogP) is 4.82. The highest BCUT2D eigenvalue weighted by Crippen LogP contribution is 2.39. The van der Waals surface area contributed by atoms with Gasteiger partial charge in [-0.1, -0.05) is 6.92 Å². The molecule has 9 heteroatoms. The zero-order valence-corrected chi connectivity index (χ0v) is 16.1. The Morgan fingerprint density at radius 3 is 2.30 bits per heavy atom. The van der Waals surface area contributed by atoms with Gasteiger partial charge in [0.15, 0.2) is 0 Å². The van der Waals surface area contributed by atoms with Crippen LogP contribution in [0.4, 0.5) is 18.9 Å². The molecule has 1 aromatic carbocycles. The van der Waals surface area contributed by atoms with Gasteiger partial charge in [-0.25, -0.2) is 4.31 Å². The Labute approximate surface area is 161 Å². The Kier molecular flexibility index (Phi) is 6.32. The van der Waals surface area contributed by atoms with Crippen LogP contribution in [0.15, 0.2) is 23.1 Å². The molecule has 2 aliphatic heterocycles. The summed E-state index contributed by atoms with van der Waals surface area (Å²) < 4.78 is 41.4. The third kappa shape index (κ3) is 5.14. The van der Waals surface area contributed by atoms with Gasteiger partial charge in [0, 0.05) is 30.1 Å². The molecule has 0 aliphatic carbocycles. The minimum absolute atomic E-state index is 0.387. The summed E-state index contributed by atoms with van der Waals surface area (Å²) >= 11 is 1.26. The van der Waals surface area contributed by atoms with Gasteiger partial charge in [-0.2, -0.15) is 13.2 Å². The summed E-state index contributed by atoms with van der Waals surface area (Å²) in [4.78, 5) is 12.8. The van der Waals surface area contributed by atoms with E-state index in [1.54, 1.807) is 0 Å². The summed E-state index contributed by atoms with van der Waals surface area (Å²) in [5, 5.41) is 10.9. The van der Waals surface area contributed by atoms with E-state index in [9.17, 15) is 23.3 Å². The molecule has 5 nitrogen and oxygen atoms in total. The largest absolute Gasteiger partial charge is 0.423 e. The quantitative estimate of drug-likeness (QED) is 0.410. The molecule has 150 valence electrons. The zero-order chi connectivity index (χ0) is 19.6. The highest BCUT2D eigenvalue weighted by Gasteiger charge is 2.38. The molecular weight excluding hydrogens is 379 g/mol. The fourth-order valence-corrected chi connectivity index (χ4v) is 4.79. The first kappa shape index (κ1) is 20.4. The van der Waals surface area contributed by atoms with Crippen LogP contribution in [0.2, 0.25) is 0 Å². The molecule has 0 radical (unpaired) electrons. The summed E-state index contributed by atoms with van der Waals surface area (Å²) in [5.41, 5.74) is -2.08. The minimum Gasteiger partial charge on any atom is -0.300 e. The van der Waals surface area contributed by atoms with Crippen LogP contribution in [-0.2, 0) is 6.18 Å². The molecule has 3 rings (SSSR count). The Morgan fingerprint density at radius 1 is 1.11 bits per heavy atom. The van der Waals surface area contributed by atoms with Gasteiger partial charge < -0.3 is 4.90 Å². The minimum atomic E-state index is -4.74. The van der Waals surface area contributed by atoms with Crippen molar-refractivity contribution in [3.63, 3.8) is 0 Å². The van der Waals surface area contributed by atoms with Crippen molar-refractivity contribution in [1.29, 1.82) is 0 Å². The van der Waals surface area contributed by atoms with Crippen molar-refractivity contribution < 1.29 is 18.1 Å². The molecule has 0 bridgehead atoms. The number of rotatable bonds is 4. The Hall–Kier alpha value is -1.32. The fourth-order valence-electron chi connectivity index (χ4n) is 3.80. The highest BCUT2D eigenvalue weighted by atomic mass is 32.2. The molecule has 0 spiro atoms. The lowest BCUT2D eigenvalue weighted by Gasteiger charge is -2.41. The number of nitro benzene ring substituents is 1. The summed E-state index contributed by atoms with van der Waals surface area (Å²) in [5.74, 6) is 0.793. The Morgan fingerprint density at radius 2 is 1.74 bits per heavy atom. The molecule has 27 heavy (non-hydrogen) atoms. The highest BCUT2D eigenvalue weighted by molar-refractivity contribution is 7.97. The number of benzene rings is 1.